The first kappa shape index (κ1) is 26.6. The molecule has 1 N–H and O–H groups in total. The third-order valence-corrected chi connectivity index (χ3v) is 6.56. The minimum absolute atomic E-state index is 0.0795. The summed E-state index contributed by atoms with van der Waals surface area (Å²) in [5.41, 5.74) is 2.82. The van der Waals surface area contributed by atoms with Gasteiger partial charge in [-0.15, -0.1) is 11.8 Å². The molecule has 0 heterocycles. The van der Waals surface area contributed by atoms with Gasteiger partial charge in [-0.3, -0.25) is 9.59 Å². The smallest absolute Gasteiger partial charge is 0.243 e. The number of benzene rings is 2. The summed E-state index contributed by atoms with van der Waals surface area (Å²) in [6.45, 7) is 10.0. The molecule has 1 atom stereocenters. The molecule has 2 amide bonds. The zero-order valence-electron chi connectivity index (χ0n) is 19.4. The highest BCUT2D eigenvalue weighted by Gasteiger charge is 2.30. The van der Waals surface area contributed by atoms with Crippen LogP contribution in [0.1, 0.15) is 50.8 Å². The third kappa shape index (κ3) is 8.34. The van der Waals surface area contributed by atoms with Gasteiger partial charge >= 0.3 is 0 Å². The molecule has 32 heavy (non-hydrogen) atoms. The van der Waals surface area contributed by atoms with E-state index in [4.69, 9.17) is 23.2 Å². The van der Waals surface area contributed by atoms with E-state index in [1.807, 2.05) is 33.8 Å². The van der Waals surface area contributed by atoms with E-state index >= 15 is 0 Å². The van der Waals surface area contributed by atoms with Crippen molar-refractivity contribution in [2.45, 2.75) is 64.9 Å². The Kier molecular flexibility index (Phi) is 9.93. The Bertz CT molecular complexity index is 927. The molecule has 0 spiro atoms. The van der Waals surface area contributed by atoms with Crippen LogP contribution in [-0.4, -0.2) is 34.0 Å². The minimum Gasteiger partial charge on any atom is -0.350 e. The van der Waals surface area contributed by atoms with Crippen molar-refractivity contribution in [3.63, 3.8) is 0 Å². The van der Waals surface area contributed by atoms with Gasteiger partial charge in [0.05, 0.1) is 15.8 Å². The number of rotatable bonds is 9. The fraction of sp³-hybridized carbons (Fsp3) is 0.440. The monoisotopic (exact) mass is 494 g/mol. The lowest BCUT2D eigenvalue weighted by Gasteiger charge is -2.33. The number of nitrogens with zero attached hydrogens (tertiary/aromatic N) is 1. The average molecular weight is 496 g/mol. The number of thioether (sulfide) groups is 1. The van der Waals surface area contributed by atoms with Crippen LogP contribution in [0.5, 0.6) is 0 Å². The number of halogens is 2. The van der Waals surface area contributed by atoms with Crippen LogP contribution < -0.4 is 5.32 Å². The molecule has 0 saturated heterocycles. The Morgan fingerprint density at radius 3 is 2.22 bits per heavy atom. The summed E-state index contributed by atoms with van der Waals surface area (Å²) in [7, 11) is 0. The highest BCUT2D eigenvalue weighted by molar-refractivity contribution is 7.99. The molecule has 2 rings (SSSR count). The number of hydrogen-bond donors (Lipinski definition) is 1. The topological polar surface area (TPSA) is 49.4 Å². The van der Waals surface area contributed by atoms with E-state index in [9.17, 15) is 9.59 Å². The van der Waals surface area contributed by atoms with Crippen LogP contribution in [0.4, 0.5) is 0 Å². The molecule has 0 aromatic heterocycles. The Morgan fingerprint density at radius 1 is 1.03 bits per heavy atom. The molecule has 2 aromatic carbocycles. The summed E-state index contributed by atoms with van der Waals surface area (Å²) >= 11 is 13.8. The zero-order valence-corrected chi connectivity index (χ0v) is 21.7. The molecular formula is C25H32Cl2N2O2S. The second kappa shape index (κ2) is 12.0. The van der Waals surface area contributed by atoms with E-state index in [-0.39, 0.29) is 29.7 Å². The van der Waals surface area contributed by atoms with Gasteiger partial charge in [0.25, 0.3) is 0 Å². The van der Waals surface area contributed by atoms with E-state index in [1.54, 1.807) is 28.8 Å². The van der Waals surface area contributed by atoms with Gasteiger partial charge < -0.3 is 10.2 Å². The molecule has 1 unspecified atom stereocenters. The maximum Gasteiger partial charge on any atom is 0.243 e. The van der Waals surface area contributed by atoms with Gasteiger partial charge in [0.15, 0.2) is 0 Å². The van der Waals surface area contributed by atoms with Gasteiger partial charge in [-0.2, -0.15) is 0 Å². The second-order valence-corrected chi connectivity index (χ2v) is 10.7. The summed E-state index contributed by atoms with van der Waals surface area (Å²) in [4.78, 5) is 28.0. The third-order valence-electron chi connectivity index (χ3n) is 4.84. The molecule has 0 saturated carbocycles. The van der Waals surface area contributed by atoms with Crippen LogP contribution in [0.25, 0.3) is 0 Å². The van der Waals surface area contributed by atoms with Crippen molar-refractivity contribution < 1.29 is 9.59 Å². The van der Waals surface area contributed by atoms with Crippen molar-refractivity contribution in [3.8, 4) is 0 Å². The van der Waals surface area contributed by atoms with Gasteiger partial charge in [0.2, 0.25) is 11.8 Å². The number of carbonyl (C=O) groups excluding carboxylic acids is 2. The van der Waals surface area contributed by atoms with Crippen LogP contribution in [0.3, 0.4) is 0 Å². The summed E-state index contributed by atoms with van der Waals surface area (Å²) in [5.74, 6) is 0.785. The maximum absolute atomic E-state index is 13.3. The SMILES string of the molecule is CCC(C(=O)NC(C)(C)C)N(Cc1ccc(Cl)c(Cl)c1)C(=O)CSCc1ccc(C)cc1. The lowest BCUT2D eigenvalue weighted by Crippen LogP contribution is -2.53. The van der Waals surface area contributed by atoms with Gasteiger partial charge in [0.1, 0.15) is 6.04 Å². The van der Waals surface area contributed by atoms with Crippen molar-refractivity contribution >= 4 is 46.8 Å². The molecule has 2 aromatic rings. The van der Waals surface area contributed by atoms with Crippen LogP contribution in [0, 0.1) is 6.92 Å². The Hall–Kier alpha value is -1.69. The molecule has 7 heteroatoms. The van der Waals surface area contributed by atoms with E-state index in [0.29, 0.717) is 16.5 Å². The van der Waals surface area contributed by atoms with Gasteiger partial charge in [-0.1, -0.05) is 66.0 Å². The first-order valence-corrected chi connectivity index (χ1v) is 12.6. The quantitative estimate of drug-likeness (QED) is 0.447. The van der Waals surface area contributed by atoms with Gasteiger partial charge in [0, 0.05) is 17.8 Å². The lowest BCUT2D eigenvalue weighted by molar-refractivity contribution is -0.140. The van der Waals surface area contributed by atoms with E-state index in [2.05, 4.69) is 36.5 Å². The number of nitrogens with one attached hydrogen (secondary N) is 1. The summed E-state index contributed by atoms with van der Waals surface area (Å²) < 4.78 is 0. The fourth-order valence-corrected chi connectivity index (χ4v) is 4.42. The first-order chi connectivity index (χ1) is 15.0. The Labute approximate surface area is 206 Å². The standard InChI is InChI=1S/C25H32Cl2N2O2S/c1-6-22(24(31)28-25(3,4)5)29(14-19-11-12-20(26)21(27)13-19)23(30)16-32-15-18-9-7-17(2)8-10-18/h7-13,22H,6,14-16H2,1-5H3,(H,28,31). The number of carbonyl (C=O) groups is 2. The minimum atomic E-state index is -0.573. The van der Waals surface area contributed by atoms with E-state index in [1.165, 1.54) is 11.1 Å². The second-order valence-electron chi connectivity index (χ2n) is 8.91. The molecule has 0 bridgehead atoms. The molecule has 174 valence electrons. The van der Waals surface area contributed by atoms with Crippen LogP contribution in [0.2, 0.25) is 10.0 Å². The molecular weight excluding hydrogens is 463 g/mol. The largest absolute Gasteiger partial charge is 0.350 e. The van der Waals surface area contributed by atoms with Crippen LogP contribution >= 0.6 is 35.0 Å². The van der Waals surface area contributed by atoms with Crippen molar-refractivity contribution in [3.05, 3.63) is 69.2 Å². The molecule has 4 nitrogen and oxygen atoms in total. The van der Waals surface area contributed by atoms with Crippen LogP contribution in [-0.2, 0) is 21.9 Å². The number of hydrogen-bond acceptors (Lipinski definition) is 3. The summed E-state index contributed by atoms with van der Waals surface area (Å²) in [5, 5.41) is 3.90. The predicted molar refractivity (Wildman–Crippen MR) is 136 cm³/mol. The average Bonchev–Trinajstić information content (AvgIpc) is 2.70. The first-order valence-electron chi connectivity index (χ1n) is 10.7. The highest BCUT2D eigenvalue weighted by atomic mass is 35.5. The van der Waals surface area contributed by atoms with Gasteiger partial charge in [-0.25, -0.2) is 0 Å². The summed E-state index contributed by atoms with van der Waals surface area (Å²) in [6, 6.07) is 13.0. The number of amides is 2. The summed E-state index contributed by atoms with van der Waals surface area (Å²) in [6.07, 6.45) is 0.512. The van der Waals surface area contributed by atoms with Crippen molar-refractivity contribution in [2.24, 2.45) is 0 Å². The van der Waals surface area contributed by atoms with E-state index in [0.717, 1.165) is 11.3 Å². The lowest BCUT2D eigenvalue weighted by atomic mass is 10.1. The van der Waals surface area contributed by atoms with Crippen molar-refractivity contribution in [1.82, 2.24) is 10.2 Å². The van der Waals surface area contributed by atoms with E-state index < -0.39 is 6.04 Å². The molecule has 0 aliphatic carbocycles. The molecule has 0 aliphatic rings. The molecule has 0 radical (unpaired) electrons. The Morgan fingerprint density at radius 2 is 1.66 bits per heavy atom. The number of aryl methyl sites for hydroxylation is 1. The normalized spacial score (nSPS) is 12.3. The van der Waals surface area contributed by atoms with Gasteiger partial charge in [-0.05, 0) is 57.4 Å². The van der Waals surface area contributed by atoms with Crippen LogP contribution in [0.15, 0.2) is 42.5 Å². The Balaban J connectivity index is 2.18. The fourth-order valence-electron chi connectivity index (χ4n) is 3.23. The molecule has 0 aliphatic heterocycles. The predicted octanol–water partition coefficient (Wildman–Crippen LogP) is 6.26. The molecule has 0 fully saturated rings. The zero-order chi connectivity index (χ0) is 23.9. The van der Waals surface area contributed by atoms with Crippen molar-refractivity contribution in [1.29, 1.82) is 0 Å². The van der Waals surface area contributed by atoms with Crippen molar-refractivity contribution in [2.75, 3.05) is 5.75 Å². The highest BCUT2D eigenvalue weighted by Crippen LogP contribution is 2.25. The maximum atomic E-state index is 13.3.